The molecule has 2 aromatic rings. The Morgan fingerprint density at radius 2 is 2.17 bits per heavy atom. The average molecular weight is 414 g/mol. The maximum Gasteiger partial charge on any atom is 0.308 e. The van der Waals surface area contributed by atoms with Crippen molar-refractivity contribution >= 4 is 29.1 Å². The highest BCUT2D eigenvalue weighted by Gasteiger charge is 2.33. The van der Waals surface area contributed by atoms with Crippen molar-refractivity contribution in [3.63, 3.8) is 0 Å². The van der Waals surface area contributed by atoms with Gasteiger partial charge in [-0.15, -0.1) is 0 Å². The van der Waals surface area contributed by atoms with Crippen LogP contribution in [0.15, 0.2) is 47.5 Å². The first-order valence-electron chi connectivity index (χ1n) is 9.93. The molecule has 2 atom stereocenters. The van der Waals surface area contributed by atoms with Crippen LogP contribution in [-0.4, -0.2) is 47.5 Å². The highest BCUT2D eigenvalue weighted by molar-refractivity contribution is 6.31. The van der Waals surface area contributed by atoms with Crippen LogP contribution in [-0.2, 0) is 4.79 Å². The van der Waals surface area contributed by atoms with E-state index in [1.54, 1.807) is 12.1 Å². The molecule has 6 nitrogen and oxygen atoms in total. The van der Waals surface area contributed by atoms with Gasteiger partial charge in [-0.05, 0) is 36.8 Å². The first-order valence-corrected chi connectivity index (χ1v) is 10.3. The molecule has 2 aromatic carbocycles. The number of carboxylic acids is 1. The normalized spacial score (nSPS) is 19.3. The van der Waals surface area contributed by atoms with Crippen LogP contribution < -0.4 is 10.1 Å². The minimum atomic E-state index is -0.755. The fraction of sp³-hybridized carbons (Fsp3) is 0.364. The Bertz CT molecular complexity index is 947. The third kappa shape index (κ3) is 4.09. The first-order chi connectivity index (χ1) is 14.1. The molecule has 2 aliphatic rings. The van der Waals surface area contributed by atoms with Crippen molar-refractivity contribution in [1.82, 2.24) is 10.2 Å². The third-order valence-corrected chi connectivity index (χ3v) is 5.64. The Kier molecular flexibility index (Phi) is 5.74. The quantitative estimate of drug-likeness (QED) is 0.781. The summed E-state index contributed by atoms with van der Waals surface area (Å²) in [7, 11) is 0. The van der Waals surface area contributed by atoms with Crippen molar-refractivity contribution in [1.29, 1.82) is 0 Å². The summed E-state index contributed by atoms with van der Waals surface area (Å²) >= 11 is 6.20. The Morgan fingerprint density at radius 1 is 1.34 bits per heavy atom. The number of hydrogen-bond donors (Lipinski definition) is 2. The summed E-state index contributed by atoms with van der Waals surface area (Å²) in [6.07, 6.45) is 1.48. The Balaban J connectivity index is 1.72. The highest BCUT2D eigenvalue weighted by atomic mass is 35.5. The van der Waals surface area contributed by atoms with Gasteiger partial charge in [0.2, 0.25) is 0 Å². The molecule has 0 aromatic heterocycles. The van der Waals surface area contributed by atoms with Gasteiger partial charge in [0.05, 0.1) is 11.5 Å². The summed E-state index contributed by atoms with van der Waals surface area (Å²) in [6.45, 7) is 4.01. The fourth-order valence-electron chi connectivity index (χ4n) is 3.99. The van der Waals surface area contributed by atoms with Crippen molar-refractivity contribution < 1.29 is 14.6 Å². The van der Waals surface area contributed by atoms with Gasteiger partial charge in [-0.2, -0.15) is 0 Å². The molecule has 4 rings (SSSR count). The Morgan fingerprint density at radius 3 is 2.97 bits per heavy atom. The zero-order valence-corrected chi connectivity index (χ0v) is 17.0. The number of nitrogens with one attached hydrogen (secondary N) is 1. The zero-order valence-electron chi connectivity index (χ0n) is 16.3. The number of fused-ring (bicyclic) bond motifs is 2. The van der Waals surface area contributed by atoms with Crippen LogP contribution >= 0.6 is 11.6 Å². The van der Waals surface area contributed by atoms with Crippen LogP contribution in [0.1, 0.15) is 25.3 Å². The number of aliphatic carboxylic acids is 1. The van der Waals surface area contributed by atoms with E-state index < -0.39 is 11.9 Å². The van der Waals surface area contributed by atoms with Gasteiger partial charge in [0.1, 0.15) is 17.3 Å². The molecule has 1 fully saturated rings. The van der Waals surface area contributed by atoms with Crippen molar-refractivity contribution in [3.05, 3.63) is 53.1 Å². The molecule has 0 radical (unpaired) electrons. The Labute approximate surface area is 175 Å². The van der Waals surface area contributed by atoms with Gasteiger partial charge in [-0.25, -0.2) is 4.99 Å². The molecule has 7 heteroatoms. The molecule has 2 N–H and O–H groups in total. The topological polar surface area (TPSA) is 74.2 Å². The smallest absolute Gasteiger partial charge is 0.308 e. The standard InChI is InChI=1S/C22H24ClN3O3/c1-2-5-15(22(27)28)18-13-26(11-10-24-18)21-16-6-3-4-7-19(16)29-20-9-8-14(23)12-17(20)25-21/h3-4,6-9,12,15,18,24H,2,5,10-11,13H2,1H3,(H,27,28)/t15-,18+/m0/s1. The number of benzene rings is 2. The van der Waals surface area contributed by atoms with Crippen molar-refractivity contribution in [2.45, 2.75) is 25.8 Å². The second-order valence-corrected chi connectivity index (χ2v) is 7.82. The average Bonchev–Trinajstić information content (AvgIpc) is 2.88. The van der Waals surface area contributed by atoms with Gasteiger partial charge in [0, 0.05) is 30.7 Å². The number of para-hydroxylation sites is 1. The van der Waals surface area contributed by atoms with E-state index in [0.29, 0.717) is 36.0 Å². The van der Waals surface area contributed by atoms with Crippen molar-refractivity contribution in [2.24, 2.45) is 10.9 Å². The summed E-state index contributed by atoms with van der Waals surface area (Å²) in [5, 5.41) is 13.7. The molecule has 152 valence electrons. The molecule has 2 heterocycles. The number of amidine groups is 1. The second-order valence-electron chi connectivity index (χ2n) is 7.39. The Hall–Kier alpha value is -2.57. The van der Waals surface area contributed by atoms with E-state index in [1.165, 1.54) is 0 Å². The largest absolute Gasteiger partial charge is 0.481 e. The fourth-order valence-corrected chi connectivity index (χ4v) is 4.15. The maximum atomic E-state index is 11.8. The van der Waals surface area contributed by atoms with Crippen molar-refractivity contribution in [2.75, 3.05) is 19.6 Å². The van der Waals surface area contributed by atoms with Gasteiger partial charge in [0.15, 0.2) is 5.75 Å². The van der Waals surface area contributed by atoms with E-state index in [4.69, 9.17) is 21.3 Å². The van der Waals surface area contributed by atoms with Crippen LogP contribution in [0.25, 0.3) is 0 Å². The van der Waals surface area contributed by atoms with Gasteiger partial charge in [0.25, 0.3) is 0 Å². The summed E-state index contributed by atoms with van der Waals surface area (Å²) in [5.74, 6) is 0.981. The number of rotatable bonds is 4. The molecule has 0 bridgehead atoms. The summed E-state index contributed by atoms with van der Waals surface area (Å²) in [6, 6.07) is 13.1. The summed E-state index contributed by atoms with van der Waals surface area (Å²) in [4.78, 5) is 18.9. The molecule has 29 heavy (non-hydrogen) atoms. The number of aliphatic imine (C=N–C) groups is 1. The van der Waals surface area contributed by atoms with E-state index in [2.05, 4.69) is 10.2 Å². The number of ether oxygens (including phenoxy) is 1. The molecular formula is C22H24ClN3O3. The lowest BCUT2D eigenvalue weighted by molar-refractivity contribution is -0.143. The number of piperazine rings is 1. The first kappa shape index (κ1) is 19.7. The van der Waals surface area contributed by atoms with E-state index in [-0.39, 0.29) is 6.04 Å². The van der Waals surface area contributed by atoms with Crippen LogP contribution in [0, 0.1) is 5.92 Å². The monoisotopic (exact) mass is 413 g/mol. The van der Waals surface area contributed by atoms with E-state index in [9.17, 15) is 9.90 Å². The maximum absolute atomic E-state index is 11.8. The second kappa shape index (κ2) is 8.43. The molecule has 2 aliphatic heterocycles. The molecule has 1 saturated heterocycles. The molecule has 0 aliphatic carbocycles. The van der Waals surface area contributed by atoms with Gasteiger partial charge >= 0.3 is 5.97 Å². The number of hydrogen-bond acceptors (Lipinski definition) is 5. The predicted molar refractivity (Wildman–Crippen MR) is 114 cm³/mol. The summed E-state index contributed by atoms with van der Waals surface area (Å²) < 4.78 is 6.12. The number of carbonyl (C=O) groups is 1. The van der Waals surface area contributed by atoms with Crippen LogP contribution in [0.4, 0.5) is 5.69 Å². The SMILES string of the molecule is CCC[C@H](C(=O)O)[C@H]1CN(C2=Nc3cc(Cl)ccc3Oc3ccccc32)CCN1. The minimum absolute atomic E-state index is 0.140. The lowest BCUT2D eigenvalue weighted by Crippen LogP contribution is -2.56. The number of halogens is 1. The third-order valence-electron chi connectivity index (χ3n) is 5.40. The summed E-state index contributed by atoms with van der Waals surface area (Å²) in [5.41, 5.74) is 1.56. The van der Waals surface area contributed by atoms with E-state index >= 15 is 0 Å². The van der Waals surface area contributed by atoms with Crippen LogP contribution in [0.2, 0.25) is 5.02 Å². The molecule has 0 unspecified atom stereocenters. The van der Waals surface area contributed by atoms with Crippen LogP contribution in [0.5, 0.6) is 11.5 Å². The minimum Gasteiger partial charge on any atom is -0.481 e. The zero-order chi connectivity index (χ0) is 20.4. The van der Waals surface area contributed by atoms with Gasteiger partial charge in [-0.3, -0.25) is 4.79 Å². The highest BCUT2D eigenvalue weighted by Crippen LogP contribution is 2.39. The van der Waals surface area contributed by atoms with Crippen LogP contribution in [0.3, 0.4) is 0 Å². The lowest BCUT2D eigenvalue weighted by Gasteiger charge is -2.38. The van der Waals surface area contributed by atoms with Gasteiger partial charge in [-0.1, -0.05) is 37.1 Å². The molecule has 0 saturated carbocycles. The number of nitrogens with zero attached hydrogens (tertiary/aromatic N) is 2. The van der Waals surface area contributed by atoms with Crippen molar-refractivity contribution in [3.8, 4) is 11.5 Å². The van der Waals surface area contributed by atoms with Gasteiger partial charge < -0.3 is 20.1 Å². The predicted octanol–water partition coefficient (Wildman–Crippen LogP) is 4.30. The lowest BCUT2D eigenvalue weighted by atomic mass is 9.93. The number of carboxylic acid groups (broad SMARTS) is 1. The molecular weight excluding hydrogens is 390 g/mol. The van der Waals surface area contributed by atoms with E-state index in [1.807, 2.05) is 37.3 Å². The van der Waals surface area contributed by atoms with E-state index in [0.717, 1.165) is 30.1 Å². The molecule has 0 spiro atoms. The molecule has 0 amide bonds.